The predicted octanol–water partition coefficient (Wildman–Crippen LogP) is 3.18. The van der Waals surface area contributed by atoms with E-state index in [4.69, 9.17) is 10.1 Å². The SMILES string of the molecule is O=C(O)CC[C@@H]1N=C(c2ccccn2)c2cc(Br)ccc2-n2cnnc21. The number of aliphatic carboxylic acids is 1. The van der Waals surface area contributed by atoms with Gasteiger partial charge in [-0.25, -0.2) is 0 Å². The molecular formula is C18H14BrN5O2. The summed E-state index contributed by atoms with van der Waals surface area (Å²) in [5.74, 6) is -0.240. The number of fused-ring (bicyclic) bond motifs is 3. The molecule has 8 heteroatoms. The van der Waals surface area contributed by atoms with Crippen LogP contribution in [0.15, 0.2) is 58.4 Å². The lowest BCUT2D eigenvalue weighted by molar-refractivity contribution is -0.137. The summed E-state index contributed by atoms with van der Waals surface area (Å²) < 4.78 is 2.78. The van der Waals surface area contributed by atoms with Crippen LogP contribution in [0.25, 0.3) is 5.69 Å². The molecule has 0 fully saturated rings. The van der Waals surface area contributed by atoms with Gasteiger partial charge in [-0.3, -0.25) is 19.3 Å². The van der Waals surface area contributed by atoms with Crippen molar-refractivity contribution in [2.24, 2.45) is 4.99 Å². The number of hydrogen-bond acceptors (Lipinski definition) is 5. The Morgan fingerprint density at radius 1 is 1.27 bits per heavy atom. The van der Waals surface area contributed by atoms with Crippen molar-refractivity contribution in [2.75, 3.05) is 0 Å². The lowest BCUT2D eigenvalue weighted by Crippen LogP contribution is -2.09. The predicted molar refractivity (Wildman–Crippen MR) is 98.5 cm³/mol. The lowest BCUT2D eigenvalue weighted by Gasteiger charge is -2.11. The minimum Gasteiger partial charge on any atom is -0.481 e. The van der Waals surface area contributed by atoms with E-state index < -0.39 is 12.0 Å². The van der Waals surface area contributed by atoms with E-state index in [1.54, 1.807) is 12.5 Å². The number of carboxylic acid groups (broad SMARTS) is 1. The Morgan fingerprint density at radius 2 is 2.15 bits per heavy atom. The van der Waals surface area contributed by atoms with Gasteiger partial charge in [-0.15, -0.1) is 10.2 Å². The summed E-state index contributed by atoms with van der Waals surface area (Å²) in [6.07, 6.45) is 3.68. The van der Waals surface area contributed by atoms with Crippen molar-refractivity contribution in [2.45, 2.75) is 18.9 Å². The summed E-state index contributed by atoms with van der Waals surface area (Å²) in [7, 11) is 0. The van der Waals surface area contributed by atoms with Crippen LogP contribution in [0, 0.1) is 0 Å². The average molecular weight is 412 g/mol. The zero-order valence-corrected chi connectivity index (χ0v) is 15.2. The van der Waals surface area contributed by atoms with E-state index in [0.717, 1.165) is 21.4 Å². The van der Waals surface area contributed by atoms with Crippen LogP contribution in [0.1, 0.15) is 36.0 Å². The molecule has 1 N–H and O–H groups in total. The number of carboxylic acids is 1. The number of nitrogens with zero attached hydrogens (tertiary/aromatic N) is 5. The van der Waals surface area contributed by atoms with Crippen molar-refractivity contribution in [3.05, 3.63) is 70.5 Å². The molecule has 26 heavy (non-hydrogen) atoms. The molecule has 7 nitrogen and oxygen atoms in total. The summed E-state index contributed by atoms with van der Waals surface area (Å²) in [4.78, 5) is 20.4. The number of aliphatic imine (C=N–C) groups is 1. The van der Waals surface area contributed by atoms with Gasteiger partial charge < -0.3 is 5.11 Å². The summed E-state index contributed by atoms with van der Waals surface area (Å²) in [5.41, 5.74) is 3.21. The summed E-state index contributed by atoms with van der Waals surface area (Å²) >= 11 is 3.52. The molecule has 1 atom stereocenters. The largest absolute Gasteiger partial charge is 0.481 e. The first-order valence-electron chi connectivity index (χ1n) is 8.04. The molecule has 2 aromatic heterocycles. The number of halogens is 1. The van der Waals surface area contributed by atoms with Gasteiger partial charge in [0, 0.05) is 22.7 Å². The molecule has 1 aliphatic rings. The molecule has 0 spiro atoms. The van der Waals surface area contributed by atoms with Crippen LogP contribution in [0.2, 0.25) is 0 Å². The standard InChI is InChI=1S/C18H14BrN5O2/c19-11-4-6-15-12(9-11)17(13-3-1-2-8-20-13)22-14(5-7-16(25)26)18-23-21-10-24(15)18/h1-4,6,8-10,14H,5,7H2,(H,25,26)/t14-/m0/s1. The highest BCUT2D eigenvalue weighted by Gasteiger charge is 2.27. The Labute approximate surface area is 157 Å². The number of pyridine rings is 1. The van der Waals surface area contributed by atoms with E-state index in [2.05, 4.69) is 31.1 Å². The van der Waals surface area contributed by atoms with E-state index in [-0.39, 0.29) is 6.42 Å². The first-order chi connectivity index (χ1) is 12.6. The van der Waals surface area contributed by atoms with Crippen molar-refractivity contribution in [1.82, 2.24) is 19.7 Å². The van der Waals surface area contributed by atoms with Crippen LogP contribution >= 0.6 is 15.9 Å². The van der Waals surface area contributed by atoms with Crippen molar-refractivity contribution in [1.29, 1.82) is 0 Å². The minimum atomic E-state index is -0.866. The van der Waals surface area contributed by atoms with Crippen molar-refractivity contribution >= 4 is 27.6 Å². The zero-order valence-electron chi connectivity index (χ0n) is 13.6. The Hall–Kier alpha value is -2.87. The smallest absolute Gasteiger partial charge is 0.303 e. The summed E-state index contributed by atoms with van der Waals surface area (Å²) in [5, 5.41) is 17.3. The van der Waals surface area contributed by atoms with E-state index in [1.165, 1.54) is 0 Å². The monoisotopic (exact) mass is 411 g/mol. The molecule has 1 aliphatic heterocycles. The second kappa shape index (κ2) is 6.80. The molecule has 1 aromatic carbocycles. The Kier molecular flexibility index (Phi) is 4.34. The molecule has 0 bridgehead atoms. The number of aromatic nitrogens is 4. The number of carbonyl (C=O) groups is 1. The van der Waals surface area contributed by atoms with Gasteiger partial charge in [0.25, 0.3) is 0 Å². The third-order valence-corrected chi connectivity index (χ3v) is 4.66. The van der Waals surface area contributed by atoms with Crippen LogP contribution in [-0.4, -0.2) is 36.5 Å². The molecule has 0 amide bonds. The molecule has 130 valence electrons. The van der Waals surface area contributed by atoms with Gasteiger partial charge in [0.15, 0.2) is 5.82 Å². The van der Waals surface area contributed by atoms with Gasteiger partial charge in [0.05, 0.1) is 17.1 Å². The van der Waals surface area contributed by atoms with Crippen molar-refractivity contribution < 1.29 is 9.90 Å². The fraction of sp³-hybridized carbons (Fsp3) is 0.167. The zero-order chi connectivity index (χ0) is 18.1. The normalized spacial score (nSPS) is 15.6. The topological polar surface area (TPSA) is 93.3 Å². The highest BCUT2D eigenvalue weighted by molar-refractivity contribution is 9.10. The molecule has 4 rings (SSSR count). The third kappa shape index (κ3) is 3.03. The second-order valence-corrected chi connectivity index (χ2v) is 6.78. The molecule has 0 saturated carbocycles. The summed E-state index contributed by atoms with van der Waals surface area (Å²) in [6, 6.07) is 11.1. The van der Waals surface area contributed by atoms with Gasteiger partial charge >= 0.3 is 5.97 Å². The van der Waals surface area contributed by atoms with Gasteiger partial charge in [-0.2, -0.15) is 0 Å². The van der Waals surface area contributed by atoms with Gasteiger partial charge in [0.2, 0.25) is 0 Å². The molecule has 0 saturated heterocycles. The minimum absolute atomic E-state index is 0.00341. The van der Waals surface area contributed by atoms with Crippen molar-refractivity contribution in [3.63, 3.8) is 0 Å². The van der Waals surface area contributed by atoms with Gasteiger partial charge in [-0.1, -0.05) is 22.0 Å². The fourth-order valence-corrected chi connectivity index (χ4v) is 3.37. The van der Waals surface area contributed by atoms with Gasteiger partial charge in [-0.05, 0) is 36.8 Å². The Morgan fingerprint density at radius 3 is 2.92 bits per heavy atom. The molecule has 3 heterocycles. The maximum absolute atomic E-state index is 11.1. The summed E-state index contributed by atoms with van der Waals surface area (Å²) in [6.45, 7) is 0. The van der Waals surface area contributed by atoms with E-state index in [9.17, 15) is 4.79 Å². The number of benzene rings is 1. The molecule has 0 unspecified atom stereocenters. The van der Waals surface area contributed by atoms with E-state index in [1.807, 2.05) is 41.0 Å². The number of rotatable bonds is 4. The molecule has 0 radical (unpaired) electrons. The number of hydrogen-bond donors (Lipinski definition) is 1. The second-order valence-electron chi connectivity index (χ2n) is 5.86. The van der Waals surface area contributed by atoms with E-state index >= 15 is 0 Å². The molecular weight excluding hydrogens is 398 g/mol. The maximum atomic E-state index is 11.1. The maximum Gasteiger partial charge on any atom is 0.303 e. The first kappa shape index (κ1) is 16.6. The Bertz CT molecular complexity index is 1000. The highest BCUT2D eigenvalue weighted by Crippen LogP contribution is 2.32. The Balaban J connectivity index is 1.94. The lowest BCUT2D eigenvalue weighted by atomic mass is 10.0. The first-order valence-corrected chi connectivity index (χ1v) is 8.84. The van der Waals surface area contributed by atoms with Gasteiger partial charge in [0.1, 0.15) is 12.4 Å². The van der Waals surface area contributed by atoms with Crippen LogP contribution < -0.4 is 0 Å². The highest BCUT2D eigenvalue weighted by atomic mass is 79.9. The van der Waals surface area contributed by atoms with Crippen LogP contribution in [0.3, 0.4) is 0 Å². The molecule has 0 aliphatic carbocycles. The molecule has 3 aromatic rings. The quantitative estimate of drug-likeness (QED) is 0.711. The van der Waals surface area contributed by atoms with Crippen molar-refractivity contribution in [3.8, 4) is 5.69 Å². The van der Waals surface area contributed by atoms with Crippen LogP contribution in [-0.2, 0) is 4.79 Å². The van der Waals surface area contributed by atoms with E-state index in [0.29, 0.717) is 18.0 Å². The fourth-order valence-electron chi connectivity index (χ4n) is 3.01. The third-order valence-electron chi connectivity index (χ3n) is 4.17. The van der Waals surface area contributed by atoms with Crippen LogP contribution in [0.5, 0.6) is 0 Å². The van der Waals surface area contributed by atoms with Crippen LogP contribution in [0.4, 0.5) is 0 Å². The average Bonchev–Trinajstić information content (AvgIpc) is 3.07.